The zero-order chi connectivity index (χ0) is 12.3. The molecule has 1 heterocycles. The predicted octanol–water partition coefficient (Wildman–Crippen LogP) is 4.11. The molecule has 0 atom stereocenters. The molecule has 0 aliphatic rings. The van der Waals surface area contributed by atoms with Crippen LogP contribution in [0.4, 0.5) is 0 Å². The molecule has 0 saturated heterocycles. The zero-order valence-corrected chi connectivity index (χ0v) is 12.0. The van der Waals surface area contributed by atoms with E-state index in [9.17, 15) is 0 Å². The lowest BCUT2D eigenvalue weighted by atomic mass is 10.3. The Kier molecular flexibility index (Phi) is 4.45. The molecule has 0 spiro atoms. The van der Waals surface area contributed by atoms with Gasteiger partial charge in [-0.2, -0.15) is 0 Å². The van der Waals surface area contributed by atoms with Crippen molar-refractivity contribution < 1.29 is 0 Å². The Morgan fingerprint density at radius 3 is 2.88 bits per heavy atom. The Hall–Kier alpha value is -0.550. The molecule has 17 heavy (non-hydrogen) atoms. The zero-order valence-electron chi connectivity index (χ0n) is 8.86. The molecule has 5 heteroatoms. The van der Waals surface area contributed by atoms with Crippen LogP contribution in [0, 0.1) is 0 Å². The van der Waals surface area contributed by atoms with E-state index < -0.39 is 0 Å². The smallest absolute Gasteiger partial charge is 0.120 e. The van der Waals surface area contributed by atoms with Crippen molar-refractivity contribution in [2.24, 2.45) is 5.73 Å². The number of hydrogen-bond donors (Lipinski definition) is 1. The van der Waals surface area contributed by atoms with Gasteiger partial charge in [-0.1, -0.05) is 45.4 Å². The molecular weight excluding hydrogens is 320 g/mol. The van der Waals surface area contributed by atoms with Gasteiger partial charge >= 0.3 is 0 Å². The van der Waals surface area contributed by atoms with E-state index in [0.29, 0.717) is 11.6 Å². The van der Waals surface area contributed by atoms with E-state index >= 15 is 0 Å². The standard InChI is InChI=1S/C12H10BrClN2S/c13-9-2-1-3-10(6-9)17-12-11(14)8(7-15)4-5-16-12/h1-6H,7,15H2. The number of aromatic nitrogens is 1. The van der Waals surface area contributed by atoms with Crippen LogP contribution in [0.5, 0.6) is 0 Å². The third-order valence-electron chi connectivity index (χ3n) is 2.17. The lowest BCUT2D eigenvalue weighted by molar-refractivity contribution is 1.02. The van der Waals surface area contributed by atoms with E-state index in [1.165, 1.54) is 11.8 Å². The van der Waals surface area contributed by atoms with Crippen LogP contribution in [0.2, 0.25) is 5.02 Å². The summed E-state index contributed by atoms with van der Waals surface area (Å²) in [6.45, 7) is 0.424. The van der Waals surface area contributed by atoms with Crippen LogP contribution in [0.15, 0.2) is 50.9 Å². The van der Waals surface area contributed by atoms with Gasteiger partial charge in [0.15, 0.2) is 0 Å². The Morgan fingerprint density at radius 1 is 1.35 bits per heavy atom. The number of hydrogen-bond acceptors (Lipinski definition) is 3. The molecule has 0 aliphatic heterocycles. The number of nitrogens with two attached hydrogens (primary N) is 1. The van der Waals surface area contributed by atoms with Crippen molar-refractivity contribution in [1.82, 2.24) is 4.98 Å². The Labute approximate surface area is 118 Å². The van der Waals surface area contributed by atoms with E-state index in [0.717, 1.165) is 20.0 Å². The van der Waals surface area contributed by atoms with Gasteiger partial charge in [0.25, 0.3) is 0 Å². The van der Waals surface area contributed by atoms with Gasteiger partial charge in [-0.05, 0) is 29.8 Å². The predicted molar refractivity (Wildman–Crippen MR) is 75.4 cm³/mol. The highest BCUT2D eigenvalue weighted by Gasteiger charge is 2.08. The lowest BCUT2D eigenvalue weighted by Crippen LogP contribution is -1.98. The summed E-state index contributed by atoms with van der Waals surface area (Å²) in [5, 5.41) is 1.42. The summed E-state index contributed by atoms with van der Waals surface area (Å²) in [6, 6.07) is 9.84. The summed E-state index contributed by atoms with van der Waals surface area (Å²) in [6.07, 6.45) is 1.73. The molecule has 0 radical (unpaired) electrons. The minimum atomic E-state index is 0.424. The molecule has 0 aliphatic carbocycles. The molecule has 1 aromatic carbocycles. The molecule has 2 rings (SSSR count). The topological polar surface area (TPSA) is 38.9 Å². The molecule has 0 saturated carbocycles. The fourth-order valence-electron chi connectivity index (χ4n) is 1.33. The van der Waals surface area contributed by atoms with Crippen LogP contribution in [0.1, 0.15) is 5.56 Å². The minimum absolute atomic E-state index is 0.424. The Balaban J connectivity index is 2.30. The average Bonchev–Trinajstić information content (AvgIpc) is 2.32. The summed E-state index contributed by atoms with van der Waals surface area (Å²) in [5.74, 6) is 0. The number of pyridine rings is 1. The highest BCUT2D eigenvalue weighted by Crippen LogP contribution is 2.34. The molecule has 0 fully saturated rings. The number of rotatable bonds is 3. The molecule has 2 N–H and O–H groups in total. The van der Waals surface area contributed by atoms with Crippen LogP contribution in [0.3, 0.4) is 0 Å². The van der Waals surface area contributed by atoms with Gasteiger partial charge in [0, 0.05) is 22.1 Å². The molecule has 0 bridgehead atoms. The fourth-order valence-corrected chi connectivity index (χ4v) is 3.08. The second-order valence-electron chi connectivity index (χ2n) is 3.35. The maximum atomic E-state index is 6.22. The first-order valence-corrected chi connectivity index (χ1v) is 6.96. The maximum Gasteiger partial charge on any atom is 0.120 e. The van der Waals surface area contributed by atoms with Crippen molar-refractivity contribution in [3.05, 3.63) is 51.6 Å². The first kappa shape index (κ1) is 12.9. The normalized spacial score (nSPS) is 10.5. The lowest BCUT2D eigenvalue weighted by Gasteiger charge is -2.06. The van der Waals surface area contributed by atoms with Gasteiger partial charge in [-0.15, -0.1) is 0 Å². The minimum Gasteiger partial charge on any atom is -0.326 e. The van der Waals surface area contributed by atoms with Gasteiger partial charge in [0.2, 0.25) is 0 Å². The SMILES string of the molecule is NCc1ccnc(Sc2cccc(Br)c2)c1Cl. The summed E-state index contributed by atoms with van der Waals surface area (Å²) in [4.78, 5) is 5.36. The molecule has 0 unspecified atom stereocenters. The van der Waals surface area contributed by atoms with E-state index in [2.05, 4.69) is 20.9 Å². The number of nitrogens with zero attached hydrogens (tertiary/aromatic N) is 1. The Bertz CT molecular complexity index is 534. The maximum absolute atomic E-state index is 6.22. The van der Waals surface area contributed by atoms with E-state index in [4.69, 9.17) is 17.3 Å². The van der Waals surface area contributed by atoms with Gasteiger partial charge in [-0.25, -0.2) is 4.98 Å². The molecule has 1 aromatic heterocycles. The van der Waals surface area contributed by atoms with E-state index in [1.807, 2.05) is 30.3 Å². The molecular formula is C12H10BrClN2S. The monoisotopic (exact) mass is 328 g/mol. The quantitative estimate of drug-likeness (QED) is 0.921. The summed E-state index contributed by atoms with van der Waals surface area (Å²) < 4.78 is 1.04. The largest absolute Gasteiger partial charge is 0.326 e. The van der Waals surface area contributed by atoms with Crippen molar-refractivity contribution in [1.29, 1.82) is 0 Å². The van der Waals surface area contributed by atoms with Gasteiger partial charge in [0.05, 0.1) is 5.02 Å². The van der Waals surface area contributed by atoms with Gasteiger partial charge in [-0.3, -0.25) is 0 Å². The summed E-state index contributed by atoms with van der Waals surface area (Å²) in [7, 11) is 0. The first-order valence-electron chi connectivity index (χ1n) is 4.97. The van der Waals surface area contributed by atoms with Crippen LogP contribution in [-0.2, 0) is 6.54 Å². The van der Waals surface area contributed by atoms with Crippen LogP contribution >= 0.6 is 39.3 Å². The third-order valence-corrected chi connectivity index (χ3v) is 4.19. The fraction of sp³-hybridized carbons (Fsp3) is 0.0833. The second kappa shape index (κ2) is 5.87. The van der Waals surface area contributed by atoms with Gasteiger partial charge < -0.3 is 5.73 Å². The number of benzene rings is 1. The van der Waals surface area contributed by atoms with Crippen LogP contribution in [0.25, 0.3) is 0 Å². The highest BCUT2D eigenvalue weighted by atomic mass is 79.9. The van der Waals surface area contributed by atoms with Crippen molar-refractivity contribution in [3.8, 4) is 0 Å². The molecule has 2 nitrogen and oxygen atoms in total. The summed E-state index contributed by atoms with van der Waals surface area (Å²) >= 11 is 11.2. The van der Waals surface area contributed by atoms with E-state index in [1.54, 1.807) is 6.20 Å². The van der Waals surface area contributed by atoms with Crippen molar-refractivity contribution in [2.75, 3.05) is 0 Å². The molecule has 0 amide bonds. The van der Waals surface area contributed by atoms with Crippen molar-refractivity contribution in [2.45, 2.75) is 16.5 Å². The van der Waals surface area contributed by atoms with Crippen LogP contribution < -0.4 is 5.73 Å². The highest BCUT2D eigenvalue weighted by molar-refractivity contribution is 9.10. The van der Waals surface area contributed by atoms with Crippen molar-refractivity contribution >= 4 is 39.3 Å². The average molecular weight is 330 g/mol. The van der Waals surface area contributed by atoms with Crippen LogP contribution in [-0.4, -0.2) is 4.98 Å². The number of halogens is 2. The third kappa shape index (κ3) is 3.22. The molecule has 88 valence electrons. The second-order valence-corrected chi connectivity index (χ2v) is 5.71. The van der Waals surface area contributed by atoms with Crippen molar-refractivity contribution in [3.63, 3.8) is 0 Å². The first-order chi connectivity index (χ1) is 8.20. The van der Waals surface area contributed by atoms with E-state index in [-0.39, 0.29) is 0 Å². The molecule has 2 aromatic rings. The Morgan fingerprint density at radius 2 is 2.18 bits per heavy atom. The van der Waals surface area contributed by atoms with Gasteiger partial charge in [0.1, 0.15) is 5.03 Å². The summed E-state index contributed by atoms with van der Waals surface area (Å²) in [5.41, 5.74) is 6.52.